The third kappa shape index (κ3) is 2.65. The Labute approximate surface area is 128 Å². The average Bonchev–Trinajstić information content (AvgIpc) is 2.55. The van der Waals surface area contributed by atoms with E-state index >= 15 is 0 Å². The van der Waals surface area contributed by atoms with E-state index in [1.807, 2.05) is 24.3 Å². The Bertz CT molecular complexity index is 727. The molecule has 2 amide bonds. The van der Waals surface area contributed by atoms with E-state index in [1.54, 1.807) is 18.2 Å². The molecule has 0 spiro atoms. The predicted octanol–water partition coefficient (Wildman–Crippen LogP) is 2.31. The fraction of sp³-hybridized carbons (Fsp3) is 0.176. The number of nitrogens with one attached hydrogen (secondary N) is 1. The standard InChI is InChI=1S/C17H16N2O3/c20-15-10-4-2-8-13(15)18-16(21)17(22)19-11-5-7-12-6-1-3-9-14(12)19/h1-4,6,8-10,20H,5,7,11H2,(H,18,21). The Morgan fingerprint density at radius 3 is 2.59 bits per heavy atom. The van der Waals surface area contributed by atoms with Crippen molar-refractivity contribution < 1.29 is 14.7 Å². The zero-order valence-corrected chi connectivity index (χ0v) is 12.0. The minimum Gasteiger partial charge on any atom is -0.506 e. The van der Waals surface area contributed by atoms with E-state index in [0.717, 1.165) is 24.1 Å². The van der Waals surface area contributed by atoms with Crippen molar-refractivity contribution in [3.8, 4) is 5.75 Å². The normalized spacial score (nSPS) is 13.4. The van der Waals surface area contributed by atoms with Gasteiger partial charge >= 0.3 is 11.8 Å². The number of hydrogen-bond acceptors (Lipinski definition) is 3. The number of phenolic OH excluding ortho intramolecular Hbond substituents is 1. The number of nitrogens with zero attached hydrogens (tertiary/aromatic N) is 1. The molecule has 22 heavy (non-hydrogen) atoms. The molecular weight excluding hydrogens is 280 g/mol. The first-order chi connectivity index (χ1) is 10.7. The van der Waals surface area contributed by atoms with E-state index in [4.69, 9.17) is 0 Å². The van der Waals surface area contributed by atoms with Gasteiger partial charge in [0.15, 0.2) is 0 Å². The second-order valence-corrected chi connectivity index (χ2v) is 5.16. The molecule has 5 nitrogen and oxygen atoms in total. The number of amides is 2. The van der Waals surface area contributed by atoms with Crippen molar-refractivity contribution in [2.75, 3.05) is 16.8 Å². The van der Waals surface area contributed by atoms with Crippen LogP contribution in [0.2, 0.25) is 0 Å². The molecule has 1 aliphatic rings. The van der Waals surface area contributed by atoms with Gasteiger partial charge in [-0.05, 0) is 36.6 Å². The third-order valence-corrected chi connectivity index (χ3v) is 3.70. The van der Waals surface area contributed by atoms with Crippen LogP contribution in [0.4, 0.5) is 11.4 Å². The highest BCUT2D eigenvalue weighted by Gasteiger charge is 2.27. The molecule has 5 heteroatoms. The van der Waals surface area contributed by atoms with Gasteiger partial charge in [0, 0.05) is 12.2 Å². The molecule has 0 bridgehead atoms. The summed E-state index contributed by atoms with van der Waals surface area (Å²) in [6, 6.07) is 13.9. The molecule has 1 heterocycles. The van der Waals surface area contributed by atoms with Crippen LogP contribution in [0.3, 0.4) is 0 Å². The Kier molecular flexibility index (Phi) is 3.78. The highest BCUT2D eigenvalue weighted by molar-refractivity contribution is 6.44. The lowest BCUT2D eigenvalue weighted by molar-refractivity contribution is -0.134. The van der Waals surface area contributed by atoms with Gasteiger partial charge in [-0.3, -0.25) is 9.59 Å². The molecule has 0 aromatic heterocycles. The van der Waals surface area contributed by atoms with E-state index in [2.05, 4.69) is 5.32 Å². The first-order valence-corrected chi connectivity index (χ1v) is 7.15. The van der Waals surface area contributed by atoms with Crippen LogP contribution in [-0.4, -0.2) is 23.5 Å². The molecule has 0 atom stereocenters. The molecule has 2 aromatic rings. The fourth-order valence-corrected chi connectivity index (χ4v) is 2.62. The maximum Gasteiger partial charge on any atom is 0.316 e. The lowest BCUT2D eigenvalue weighted by Crippen LogP contribution is -2.42. The maximum atomic E-state index is 12.4. The molecule has 0 aliphatic carbocycles. The van der Waals surface area contributed by atoms with Crippen molar-refractivity contribution in [1.82, 2.24) is 0 Å². The molecule has 0 saturated carbocycles. The minimum atomic E-state index is -0.752. The molecule has 112 valence electrons. The van der Waals surface area contributed by atoms with Gasteiger partial charge in [-0.1, -0.05) is 30.3 Å². The summed E-state index contributed by atoms with van der Waals surface area (Å²) in [5, 5.41) is 12.1. The van der Waals surface area contributed by atoms with Gasteiger partial charge in [0.25, 0.3) is 0 Å². The highest BCUT2D eigenvalue weighted by Crippen LogP contribution is 2.27. The summed E-state index contributed by atoms with van der Waals surface area (Å²) in [5.74, 6) is -1.43. The molecule has 1 aliphatic heterocycles. The van der Waals surface area contributed by atoms with Crippen LogP contribution in [0.15, 0.2) is 48.5 Å². The number of hydrogen-bond donors (Lipinski definition) is 2. The SMILES string of the molecule is O=C(Nc1ccccc1O)C(=O)N1CCCc2ccccc21. The molecule has 0 saturated heterocycles. The monoisotopic (exact) mass is 296 g/mol. The number of anilines is 2. The topological polar surface area (TPSA) is 69.6 Å². The molecule has 0 fully saturated rings. The molecule has 0 radical (unpaired) electrons. The zero-order chi connectivity index (χ0) is 15.5. The van der Waals surface area contributed by atoms with E-state index in [9.17, 15) is 14.7 Å². The van der Waals surface area contributed by atoms with Crippen LogP contribution < -0.4 is 10.2 Å². The minimum absolute atomic E-state index is 0.0669. The van der Waals surface area contributed by atoms with Crippen molar-refractivity contribution in [2.24, 2.45) is 0 Å². The quantitative estimate of drug-likeness (QED) is 0.626. The van der Waals surface area contributed by atoms with Crippen molar-refractivity contribution in [3.05, 3.63) is 54.1 Å². The summed E-state index contributed by atoms with van der Waals surface area (Å²) < 4.78 is 0. The van der Waals surface area contributed by atoms with Crippen molar-refractivity contribution >= 4 is 23.2 Å². The third-order valence-electron chi connectivity index (χ3n) is 3.70. The highest BCUT2D eigenvalue weighted by atomic mass is 16.3. The fourth-order valence-electron chi connectivity index (χ4n) is 2.62. The first-order valence-electron chi connectivity index (χ1n) is 7.15. The van der Waals surface area contributed by atoms with E-state index in [0.29, 0.717) is 6.54 Å². The predicted molar refractivity (Wildman–Crippen MR) is 83.9 cm³/mol. The summed E-state index contributed by atoms with van der Waals surface area (Å²) in [5.41, 5.74) is 2.08. The summed E-state index contributed by atoms with van der Waals surface area (Å²) in [7, 11) is 0. The van der Waals surface area contributed by atoms with Crippen molar-refractivity contribution in [3.63, 3.8) is 0 Å². The Balaban J connectivity index is 1.80. The van der Waals surface area contributed by atoms with Crippen LogP contribution >= 0.6 is 0 Å². The van der Waals surface area contributed by atoms with Crippen LogP contribution in [0.1, 0.15) is 12.0 Å². The zero-order valence-electron chi connectivity index (χ0n) is 12.0. The van der Waals surface area contributed by atoms with Gasteiger partial charge in [0.2, 0.25) is 0 Å². The van der Waals surface area contributed by atoms with Crippen molar-refractivity contribution in [2.45, 2.75) is 12.8 Å². The van der Waals surface area contributed by atoms with Crippen LogP contribution in [0.5, 0.6) is 5.75 Å². The van der Waals surface area contributed by atoms with Crippen LogP contribution in [0, 0.1) is 0 Å². The number of carbonyl (C=O) groups is 2. The molecule has 0 unspecified atom stereocenters. The molecular formula is C17H16N2O3. The average molecular weight is 296 g/mol. The Morgan fingerprint density at radius 2 is 1.77 bits per heavy atom. The smallest absolute Gasteiger partial charge is 0.316 e. The van der Waals surface area contributed by atoms with Gasteiger partial charge in [0.05, 0.1) is 5.69 Å². The summed E-state index contributed by atoms with van der Waals surface area (Å²) >= 11 is 0. The van der Waals surface area contributed by atoms with Crippen LogP contribution in [-0.2, 0) is 16.0 Å². The molecule has 2 N–H and O–H groups in total. The van der Waals surface area contributed by atoms with E-state index in [-0.39, 0.29) is 11.4 Å². The Morgan fingerprint density at radius 1 is 1.05 bits per heavy atom. The first kappa shape index (κ1) is 14.1. The Hall–Kier alpha value is -2.82. The number of carbonyl (C=O) groups excluding carboxylic acids is 2. The number of fused-ring (bicyclic) bond motifs is 1. The number of benzene rings is 2. The van der Waals surface area contributed by atoms with Gasteiger partial charge < -0.3 is 15.3 Å². The lowest BCUT2D eigenvalue weighted by atomic mass is 10.0. The van der Waals surface area contributed by atoms with E-state index in [1.165, 1.54) is 11.0 Å². The largest absolute Gasteiger partial charge is 0.506 e. The second kappa shape index (κ2) is 5.89. The number of rotatable bonds is 1. The maximum absolute atomic E-state index is 12.4. The number of aromatic hydroxyl groups is 1. The number of aryl methyl sites for hydroxylation is 1. The lowest BCUT2D eigenvalue weighted by Gasteiger charge is -2.28. The summed E-state index contributed by atoms with van der Waals surface area (Å²) in [6.07, 6.45) is 1.73. The summed E-state index contributed by atoms with van der Waals surface area (Å²) in [4.78, 5) is 26.1. The number of phenols is 1. The van der Waals surface area contributed by atoms with Crippen LogP contribution in [0.25, 0.3) is 0 Å². The number of para-hydroxylation sites is 3. The molecule has 3 rings (SSSR count). The molecule has 2 aromatic carbocycles. The van der Waals surface area contributed by atoms with Crippen molar-refractivity contribution in [1.29, 1.82) is 0 Å². The van der Waals surface area contributed by atoms with Gasteiger partial charge in [-0.25, -0.2) is 0 Å². The van der Waals surface area contributed by atoms with Gasteiger partial charge in [-0.15, -0.1) is 0 Å². The van der Waals surface area contributed by atoms with Gasteiger partial charge in [-0.2, -0.15) is 0 Å². The summed E-state index contributed by atoms with van der Waals surface area (Å²) in [6.45, 7) is 0.518. The van der Waals surface area contributed by atoms with Gasteiger partial charge in [0.1, 0.15) is 5.75 Å². The van der Waals surface area contributed by atoms with E-state index < -0.39 is 11.8 Å². The second-order valence-electron chi connectivity index (χ2n) is 5.16.